The standard InChI is InChI=1S/C11H21F2N/c1-2-9-14-11(10(12)13)7-5-3-4-6-8-11/h10,14H,2-9H2,1H3. The molecule has 3 heteroatoms. The second kappa shape index (κ2) is 5.64. The molecule has 0 spiro atoms. The third kappa shape index (κ3) is 2.91. The Morgan fingerprint density at radius 1 is 1.14 bits per heavy atom. The third-order valence-corrected chi connectivity index (χ3v) is 3.14. The molecule has 0 saturated heterocycles. The van der Waals surface area contributed by atoms with Crippen LogP contribution >= 0.6 is 0 Å². The predicted octanol–water partition coefficient (Wildman–Crippen LogP) is 3.34. The smallest absolute Gasteiger partial charge is 0.256 e. The fourth-order valence-electron chi connectivity index (χ4n) is 2.21. The average Bonchev–Trinajstić information content (AvgIpc) is 2.41. The highest BCUT2D eigenvalue weighted by Gasteiger charge is 2.38. The van der Waals surface area contributed by atoms with Gasteiger partial charge in [-0.15, -0.1) is 0 Å². The third-order valence-electron chi connectivity index (χ3n) is 3.14. The summed E-state index contributed by atoms with van der Waals surface area (Å²) in [5.74, 6) is 0. The van der Waals surface area contributed by atoms with Crippen LogP contribution in [0.5, 0.6) is 0 Å². The van der Waals surface area contributed by atoms with Gasteiger partial charge in [0.15, 0.2) is 0 Å². The van der Waals surface area contributed by atoms with Crippen LogP contribution in [-0.4, -0.2) is 18.5 Å². The first-order valence-electron chi connectivity index (χ1n) is 5.74. The molecule has 0 aromatic heterocycles. The molecule has 0 atom stereocenters. The normalized spacial score (nSPS) is 22.3. The summed E-state index contributed by atoms with van der Waals surface area (Å²) in [7, 11) is 0. The van der Waals surface area contributed by atoms with Crippen molar-refractivity contribution in [2.24, 2.45) is 0 Å². The van der Waals surface area contributed by atoms with Gasteiger partial charge < -0.3 is 5.32 Å². The number of halogens is 2. The summed E-state index contributed by atoms with van der Waals surface area (Å²) in [6.07, 6.45) is 4.11. The highest BCUT2D eigenvalue weighted by atomic mass is 19.3. The molecule has 0 radical (unpaired) electrons. The fourth-order valence-corrected chi connectivity index (χ4v) is 2.21. The predicted molar refractivity (Wildman–Crippen MR) is 54.7 cm³/mol. The van der Waals surface area contributed by atoms with Crippen molar-refractivity contribution in [2.45, 2.75) is 63.8 Å². The van der Waals surface area contributed by atoms with Gasteiger partial charge in [0.1, 0.15) is 0 Å². The van der Waals surface area contributed by atoms with Crippen molar-refractivity contribution in [3.8, 4) is 0 Å². The van der Waals surface area contributed by atoms with Crippen molar-refractivity contribution < 1.29 is 8.78 Å². The second-order valence-corrected chi connectivity index (χ2v) is 4.30. The van der Waals surface area contributed by atoms with Gasteiger partial charge in [-0.1, -0.05) is 32.6 Å². The highest BCUT2D eigenvalue weighted by Crippen LogP contribution is 2.32. The van der Waals surface area contributed by atoms with Gasteiger partial charge in [-0.25, -0.2) is 8.78 Å². The average molecular weight is 205 g/mol. The zero-order chi connectivity index (χ0) is 10.4. The van der Waals surface area contributed by atoms with Crippen LogP contribution in [-0.2, 0) is 0 Å². The lowest BCUT2D eigenvalue weighted by molar-refractivity contribution is 0.0200. The molecule has 0 aromatic rings. The van der Waals surface area contributed by atoms with E-state index in [4.69, 9.17) is 0 Å². The van der Waals surface area contributed by atoms with Crippen LogP contribution in [0.25, 0.3) is 0 Å². The summed E-state index contributed by atoms with van der Waals surface area (Å²) in [6, 6.07) is 0. The first kappa shape index (κ1) is 11.9. The number of rotatable bonds is 4. The zero-order valence-corrected chi connectivity index (χ0v) is 8.99. The van der Waals surface area contributed by atoms with Crippen LogP contribution in [0.1, 0.15) is 51.9 Å². The SMILES string of the molecule is CCCNC1(C(F)F)CCCCCC1. The molecule has 0 bridgehead atoms. The minimum absolute atomic E-state index is 0.644. The van der Waals surface area contributed by atoms with E-state index in [1.165, 1.54) is 0 Å². The van der Waals surface area contributed by atoms with Gasteiger partial charge in [0.05, 0.1) is 5.54 Å². The Labute approximate surface area is 85.3 Å². The minimum atomic E-state index is -2.22. The van der Waals surface area contributed by atoms with E-state index < -0.39 is 12.0 Å². The van der Waals surface area contributed by atoms with Crippen molar-refractivity contribution in [2.75, 3.05) is 6.54 Å². The molecule has 84 valence electrons. The Hall–Kier alpha value is -0.180. The van der Waals surface area contributed by atoms with Gasteiger partial charge >= 0.3 is 0 Å². The fraction of sp³-hybridized carbons (Fsp3) is 1.00. The van der Waals surface area contributed by atoms with Crippen LogP contribution in [0, 0.1) is 0 Å². The van der Waals surface area contributed by atoms with Crippen molar-refractivity contribution in [3.05, 3.63) is 0 Å². The molecule has 0 aromatic carbocycles. The van der Waals surface area contributed by atoms with Gasteiger partial charge in [-0.05, 0) is 25.8 Å². The van der Waals surface area contributed by atoms with Crippen LogP contribution in [0.4, 0.5) is 8.78 Å². The number of nitrogens with one attached hydrogen (secondary N) is 1. The van der Waals surface area contributed by atoms with Crippen molar-refractivity contribution in [3.63, 3.8) is 0 Å². The Kier molecular flexibility index (Phi) is 4.79. The molecule has 1 nitrogen and oxygen atoms in total. The zero-order valence-electron chi connectivity index (χ0n) is 8.99. The summed E-state index contributed by atoms with van der Waals surface area (Å²) in [5.41, 5.74) is -0.869. The number of hydrogen-bond donors (Lipinski definition) is 1. The van der Waals surface area contributed by atoms with Gasteiger partial charge in [-0.3, -0.25) is 0 Å². The molecule has 1 N–H and O–H groups in total. The maximum atomic E-state index is 13.0. The second-order valence-electron chi connectivity index (χ2n) is 4.30. The largest absolute Gasteiger partial charge is 0.306 e. The lowest BCUT2D eigenvalue weighted by Gasteiger charge is -2.33. The summed E-state index contributed by atoms with van der Waals surface area (Å²) in [5, 5.41) is 3.07. The molecule has 0 heterocycles. The molecular weight excluding hydrogens is 184 g/mol. The molecule has 1 fully saturated rings. The lowest BCUT2D eigenvalue weighted by Crippen LogP contribution is -2.51. The number of hydrogen-bond acceptors (Lipinski definition) is 1. The quantitative estimate of drug-likeness (QED) is 0.694. The Bertz CT molecular complexity index is 151. The van der Waals surface area contributed by atoms with Crippen LogP contribution in [0.15, 0.2) is 0 Å². The van der Waals surface area contributed by atoms with Crippen LogP contribution in [0.2, 0.25) is 0 Å². The van der Waals surface area contributed by atoms with E-state index in [0.29, 0.717) is 19.4 Å². The molecule has 14 heavy (non-hydrogen) atoms. The summed E-state index contributed by atoms with van der Waals surface area (Å²) in [4.78, 5) is 0. The molecule has 1 saturated carbocycles. The molecule has 1 aliphatic carbocycles. The van der Waals surface area contributed by atoms with E-state index in [1.54, 1.807) is 0 Å². The highest BCUT2D eigenvalue weighted by molar-refractivity contribution is 4.91. The molecule has 0 unspecified atom stereocenters. The molecule has 1 aliphatic rings. The Balaban J connectivity index is 2.57. The molecule has 0 aliphatic heterocycles. The first-order chi connectivity index (χ1) is 6.71. The van der Waals surface area contributed by atoms with Crippen LogP contribution in [0.3, 0.4) is 0 Å². The maximum absolute atomic E-state index is 13.0. The summed E-state index contributed by atoms with van der Waals surface area (Å²) >= 11 is 0. The summed E-state index contributed by atoms with van der Waals surface area (Å²) in [6.45, 7) is 2.73. The van der Waals surface area contributed by atoms with E-state index in [2.05, 4.69) is 5.32 Å². The van der Waals surface area contributed by atoms with Crippen molar-refractivity contribution in [1.82, 2.24) is 5.32 Å². The van der Waals surface area contributed by atoms with Crippen molar-refractivity contribution >= 4 is 0 Å². The van der Waals surface area contributed by atoms with E-state index in [-0.39, 0.29) is 0 Å². The van der Waals surface area contributed by atoms with Gasteiger partial charge in [0.25, 0.3) is 6.43 Å². The van der Waals surface area contributed by atoms with E-state index >= 15 is 0 Å². The van der Waals surface area contributed by atoms with E-state index in [1.807, 2.05) is 6.92 Å². The minimum Gasteiger partial charge on any atom is -0.306 e. The van der Waals surface area contributed by atoms with Crippen molar-refractivity contribution in [1.29, 1.82) is 0 Å². The first-order valence-corrected chi connectivity index (χ1v) is 5.74. The number of alkyl halides is 2. The molecule has 1 rings (SSSR count). The van der Waals surface area contributed by atoms with Gasteiger partial charge in [-0.2, -0.15) is 0 Å². The Morgan fingerprint density at radius 2 is 1.71 bits per heavy atom. The van der Waals surface area contributed by atoms with Crippen LogP contribution < -0.4 is 5.32 Å². The molecule has 0 amide bonds. The summed E-state index contributed by atoms with van der Waals surface area (Å²) < 4.78 is 26.0. The van der Waals surface area contributed by atoms with Gasteiger partial charge in [0.2, 0.25) is 0 Å². The Morgan fingerprint density at radius 3 is 2.14 bits per heavy atom. The van der Waals surface area contributed by atoms with E-state index in [0.717, 1.165) is 32.1 Å². The topological polar surface area (TPSA) is 12.0 Å². The van der Waals surface area contributed by atoms with E-state index in [9.17, 15) is 8.78 Å². The molecular formula is C11H21F2N. The lowest BCUT2D eigenvalue weighted by atomic mass is 9.90. The monoisotopic (exact) mass is 205 g/mol. The maximum Gasteiger partial charge on any atom is 0.256 e. The van der Waals surface area contributed by atoms with Gasteiger partial charge in [0, 0.05) is 0 Å².